The Balaban J connectivity index is 1.86. The number of aromatic nitrogens is 1. The molecule has 18 heavy (non-hydrogen) atoms. The number of aliphatic hydroxyl groups is 1. The van der Waals surface area contributed by atoms with Crippen LogP contribution in [0.5, 0.6) is 0 Å². The quantitative estimate of drug-likeness (QED) is 0.850. The zero-order chi connectivity index (χ0) is 12.8. The average Bonchev–Trinajstić information content (AvgIpc) is 2.40. The Hall–Kier alpha value is -0.970. The summed E-state index contributed by atoms with van der Waals surface area (Å²) in [5, 5.41) is 10.2. The van der Waals surface area contributed by atoms with Crippen LogP contribution < -0.4 is 0 Å². The minimum absolute atomic E-state index is 0.0905. The number of aliphatic hydroxyl groups excluding tert-OH is 1. The van der Waals surface area contributed by atoms with Crippen LogP contribution >= 0.6 is 0 Å². The van der Waals surface area contributed by atoms with E-state index in [1.54, 1.807) is 6.20 Å². The molecule has 1 aromatic rings. The van der Waals surface area contributed by atoms with E-state index in [1.165, 1.54) is 0 Å². The standard InChI is InChI=1S/C14H22N2O2/c1-2-7-16-8-9-18-14(11-16)13(17)10-12-5-3-4-6-15-12/h3-6,13-14,17H,2,7-11H2,1H3. The molecule has 2 heterocycles. The van der Waals surface area contributed by atoms with Crippen molar-refractivity contribution in [2.24, 2.45) is 0 Å². The summed E-state index contributed by atoms with van der Waals surface area (Å²) in [6, 6.07) is 5.77. The Morgan fingerprint density at radius 1 is 1.56 bits per heavy atom. The van der Waals surface area contributed by atoms with Crippen LogP contribution in [0.4, 0.5) is 0 Å². The van der Waals surface area contributed by atoms with Crippen LogP contribution in [0.2, 0.25) is 0 Å². The van der Waals surface area contributed by atoms with Crippen molar-refractivity contribution in [3.8, 4) is 0 Å². The predicted molar refractivity (Wildman–Crippen MR) is 70.4 cm³/mol. The maximum Gasteiger partial charge on any atom is 0.0964 e. The molecule has 2 atom stereocenters. The van der Waals surface area contributed by atoms with Crippen LogP contribution in [-0.2, 0) is 11.2 Å². The molecule has 0 aromatic carbocycles. The zero-order valence-electron chi connectivity index (χ0n) is 11.0. The Kier molecular flexibility index (Phi) is 5.11. The number of rotatable bonds is 5. The lowest BCUT2D eigenvalue weighted by Crippen LogP contribution is -2.48. The fourth-order valence-corrected chi connectivity index (χ4v) is 2.35. The second-order valence-corrected chi connectivity index (χ2v) is 4.80. The molecule has 2 rings (SSSR count). The largest absolute Gasteiger partial charge is 0.390 e. The monoisotopic (exact) mass is 250 g/mol. The van der Waals surface area contributed by atoms with Crippen LogP contribution in [0.1, 0.15) is 19.0 Å². The Bertz CT molecular complexity index is 343. The first-order chi connectivity index (χ1) is 8.79. The molecular formula is C14H22N2O2. The molecule has 2 unspecified atom stereocenters. The van der Waals surface area contributed by atoms with E-state index in [-0.39, 0.29) is 6.10 Å². The van der Waals surface area contributed by atoms with E-state index in [0.29, 0.717) is 13.0 Å². The maximum absolute atomic E-state index is 10.2. The molecule has 1 fully saturated rings. The molecule has 0 bridgehead atoms. The number of nitrogens with zero attached hydrogens (tertiary/aromatic N) is 2. The highest BCUT2D eigenvalue weighted by molar-refractivity contribution is 5.05. The van der Waals surface area contributed by atoms with Gasteiger partial charge in [0.05, 0.1) is 18.8 Å². The van der Waals surface area contributed by atoms with E-state index in [0.717, 1.165) is 31.7 Å². The minimum atomic E-state index is -0.473. The molecular weight excluding hydrogens is 228 g/mol. The van der Waals surface area contributed by atoms with Gasteiger partial charge in [-0.1, -0.05) is 13.0 Å². The van der Waals surface area contributed by atoms with Crippen LogP contribution in [-0.4, -0.2) is 53.4 Å². The molecule has 1 saturated heterocycles. The summed E-state index contributed by atoms with van der Waals surface area (Å²) < 4.78 is 5.67. The van der Waals surface area contributed by atoms with Gasteiger partial charge in [-0.2, -0.15) is 0 Å². The second kappa shape index (κ2) is 6.83. The fourth-order valence-electron chi connectivity index (χ4n) is 2.35. The van der Waals surface area contributed by atoms with Gasteiger partial charge in [0.1, 0.15) is 0 Å². The summed E-state index contributed by atoms with van der Waals surface area (Å²) in [4.78, 5) is 6.60. The lowest BCUT2D eigenvalue weighted by molar-refractivity contribution is -0.0879. The van der Waals surface area contributed by atoms with Crippen LogP contribution in [0.15, 0.2) is 24.4 Å². The predicted octanol–water partition coefficient (Wildman–Crippen LogP) is 1.10. The third-order valence-corrected chi connectivity index (χ3v) is 3.29. The van der Waals surface area contributed by atoms with E-state index in [4.69, 9.17) is 4.74 Å². The van der Waals surface area contributed by atoms with E-state index in [1.807, 2.05) is 18.2 Å². The van der Waals surface area contributed by atoms with Gasteiger partial charge in [0.25, 0.3) is 0 Å². The van der Waals surface area contributed by atoms with Gasteiger partial charge < -0.3 is 9.84 Å². The van der Waals surface area contributed by atoms with Crippen molar-refractivity contribution in [1.29, 1.82) is 0 Å². The number of hydrogen-bond acceptors (Lipinski definition) is 4. The molecule has 0 saturated carbocycles. The van der Waals surface area contributed by atoms with Gasteiger partial charge in [-0.3, -0.25) is 9.88 Å². The summed E-state index contributed by atoms with van der Waals surface area (Å²) >= 11 is 0. The van der Waals surface area contributed by atoms with Crippen molar-refractivity contribution < 1.29 is 9.84 Å². The van der Waals surface area contributed by atoms with Crippen molar-refractivity contribution >= 4 is 0 Å². The molecule has 1 aliphatic rings. The molecule has 100 valence electrons. The van der Waals surface area contributed by atoms with Gasteiger partial charge >= 0.3 is 0 Å². The third kappa shape index (κ3) is 3.77. The highest BCUT2D eigenvalue weighted by atomic mass is 16.5. The summed E-state index contributed by atoms with van der Waals surface area (Å²) in [7, 11) is 0. The highest BCUT2D eigenvalue weighted by Gasteiger charge is 2.26. The molecule has 0 radical (unpaired) electrons. The van der Waals surface area contributed by atoms with Gasteiger partial charge in [-0.25, -0.2) is 0 Å². The van der Waals surface area contributed by atoms with Gasteiger partial charge in [-0.05, 0) is 25.1 Å². The van der Waals surface area contributed by atoms with Crippen LogP contribution in [0.3, 0.4) is 0 Å². The van der Waals surface area contributed by atoms with E-state index in [2.05, 4.69) is 16.8 Å². The molecule has 4 heteroatoms. The van der Waals surface area contributed by atoms with Crippen LogP contribution in [0.25, 0.3) is 0 Å². The van der Waals surface area contributed by atoms with Gasteiger partial charge in [0, 0.05) is 31.4 Å². The van der Waals surface area contributed by atoms with E-state index >= 15 is 0 Å². The topological polar surface area (TPSA) is 45.6 Å². The average molecular weight is 250 g/mol. The van der Waals surface area contributed by atoms with E-state index < -0.39 is 6.10 Å². The zero-order valence-corrected chi connectivity index (χ0v) is 11.0. The number of ether oxygens (including phenoxy) is 1. The van der Waals surface area contributed by atoms with Crippen molar-refractivity contribution in [3.63, 3.8) is 0 Å². The molecule has 1 aromatic heterocycles. The first-order valence-electron chi connectivity index (χ1n) is 6.71. The van der Waals surface area contributed by atoms with E-state index in [9.17, 15) is 5.11 Å². The summed E-state index contributed by atoms with van der Waals surface area (Å²) in [6.45, 7) is 5.76. The molecule has 0 aliphatic carbocycles. The number of pyridine rings is 1. The smallest absolute Gasteiger partial charge is 0.0964 e. The highest BCUT2D eigenvalue weighted by Crippen LogP contribution is 2.12. The summed E-state index contributed by atoms with van der Waals surface area (Å²) in [5.74, 6) is 0. The van der Waals surface area contributed by atoms with Crippen molar-refractivity contribution in [2.45, 2.75) is 32.0 Å². The van der Waals surface area contributed by atoms with Gasteiger partial charge in [-0.15, -0.1) is 0 Å². The Morgan fingerprint density at radius 3 is 3.17 bits per heavy atom. The molecule has 0 amide bonds. The SMILES string of the molecule is CCCN1CCOC(C(O)Cc2ccccn2)C1. The minimum Gasteiger partial charge on any atom is -0.390 e. The maximum atomic E-state index is 10.2. The fraction of sp³-hybridized carbons (Fsp3) is 0.643. The third-order valence-electron chi connectivity index (χ3n) is 3.29. The molecule has 0 spiro atoms. The molecule has 4 nitrogen and oxygen atoms in total. The first-order valence-corrected chi connectivity index (χ1v) is 6.71. The van der Waals surface area contributed by atoms with Crippen molar-refractivity contribution in [2.75, 3.05) is 26.2 Å². The normalized spacial score (nSPS) is 22.9. The Morgan fingerprint density at radius 2 is 2.44 bits per heavy atom. The lowest BCUT2D eigenvalue weighted by Gasteiger charge is -2.35. The summed E-state index contributed by atoms with van der Waals surface area (Å²) in [5.41, 5.74) is 0.918. The van der Waals surface area contributed by atoms with Gasteiger partial charge in [0.2, 0.25) is 0 Å². The first kappa shape index (κ1) is 13.5. The lowest BCUT2D eigenvalue weighted by atomic mass is 10.1. The van der Waals surface area contributed by atoms with Crippen molar-refractivity contribution in [1.82, 2.24) is 9.88 Å². The number of morpholine rings is 1. The van der Waals surface area contributed by atoms with Crippen molar-refractivity contribution in [3.05, 3.63) is 30.1 Å². The van der Waals surface area contributed by atoms with Crippen LogP contribution in [0, 0.1) is 0 Å². The summed E-state index contributed by atoms with van der Waals surface area (Å²) in [6.07, 6.45) is 2.90. The molecule has 1 N–H and O–H groups in total. The second-order valence-electron chi connectivity index (χ2n) is 4.80. The Labute approximate surface area is 109 Å². The number of hydrogen-bond donors (Lipinski definition) is 1. The molecule has 1 aliphatic heterocycles. The van der Waals surface area contributed by atoms with Gasteiger partial charge in [0.15, 0.2) is 0 Å².